The minimum Gasteiger partial charge on any atom is -0.481 e. The summed E-state index contributed by atoms with van der Waals surface area (Å²) in [5, 5.41) is 12.0. The second kappa shape index (κ2) is 7.91. The molecule has 0 aliphatic carbocycles. The number of rotatable bonds is 6. The van der Waals surface area contributed by atoms with Crippen LogP contribution in [-0.2, 0) is 25.5 Å². The van der Waals surface area contributed by atoms with Gasteiger partial charge in [0, 0.05) is 6.54 Å². The van der Waals surface area contributed by atoms with Crippen LogP contribution in [0.4, 0.5) is 0 Å². The van der Waals surface area contributed by atoms with E-state index in [4.69, 9.17) is 9.47 Å². The van der Waals surface area contributed by atoms with E-state index < -0.39 is 18.0 Å². The fraction of sp³-hybridized carbons (Fsp3) is 0.500. The molecule has 0 aromatic heterocycles. The van der Waals surface area contributed by atoms with Gasteiger partial charge in [0.15, 0.2) is 6.10 Å². The number of hydrogen-bond acceptors (Lipinski definition) is 4. The summed E-state index contributed by atoms with van der Waals surface area (Å²) in [5.41, 5.74) is 2.03. The lowest BCUT2D eigenvalue weighted by Gasteiger charge is -2.23. The number of amides is 1. The van der Waals surface area contributed by atoms with Crippen molar-refractivity contribution >= 4 is 11.9 Å². The second-order valence-corrected chi connectivity index (χ2v) is 5.41. The first-order chi connectivity index (χ1) is 10.6. The van der Waals surface area contributed by atoms with Crippen LogP contribution in [0, 0.1) is 12.8 Å². The number of benzene rings is 1. The molecule has 22 heavy (non-hydrogen) atoms. The molecule has 6 heteroatoms. The number of nitrogens with one attached hydrogen (secondary N) is 1. The van der Waals surface area contributed by atoms with Gasteiger partial charge in [0.2, 0.25) is 0 Å². The largest absolute Gasteiger partial charge is 0.481 e. The van der Waals surface area contributed by atoms with E-state index in [1.54, 1.807) is 0 Å². The summed E-state index contributed by atoms with van der Waals surface area (Å²) < 4.78 is 10.4. The van der Waals surface area contributed by atoms with Crippen LogP contribution in [-0.4, -0.2) is 49.5 Å². The van der Waals surface area contributed by atoms with Crippen LogP contribution in [0.1, 0.15) is 11.1 Å². The van der Waals surface area contributed by atoms with E-state index in [0.717, 1.165) is 11.1 Å². The van der Waals surface area contributed by atoms with Crippen LogP contribution in [0.5, 0.6) is 0 Å². The Balaban J connectivity index is 1.88. The minimum atomic E-state index is -0.928. The first-order valence-corrected chi connectivity index (χ1v) is 7.31. The maximum absolute atomic E-state index is 11.9. The van der Waals surface area contributed by atoms with E-state index in [1.165, 1.54) is 0 Å². The molecule has 1 aliphatic rings. The van der Waals surface area contributed by atoms with Gasteiger partial charge in [-0.3, -0.25) is 9.59 Å². The molecule has 1 fully saturated rings. The van der Waals surface area contributed by atoms with E-state index in [2.05, 4.69) is 5.32 Å². The Morgan fingerprint density at radius 1 is 1.41 bits per heavy atom. The standard InChI is InChI=1S/C16H21NO5/c1-11-3-2-4-12(7-11)8-13(16(19)20)9-17-15(18)14-10-21-5-6-22-14/h2-4,7,13-14H,5-6,8-10H2,1H3,(H,17,18)(H,19,20). The number of carbonyl (C=O) groups is 2. The van der Waals surface area contributed by atoms with Gasteiger partial charge in [0.25, 0.3) is 5.91 Å². The number of carbonyl (C=O) groups excluding carboxylic acids is 1. The van der Waals surface area contributed by atoms with Crippen LogP contribution in [0.2, 0.25) is 0 Å². The SMILES string of the molecule is Cc1cccc(CC(CNC(=O)C2COCCO2)C(=O)O)c1. The van der Waals surface area contributed by atoms with Crippen LogP contribution >= 0.6 is 0 Å². The third kappa shape index (κ3) is 4.82. The molecule has 2 unspecified atom stereocenters. The lowest BCUT2D eigenvalue weighted by Crippen LogP contribution is -2.45. The number of aryl methyl sites for hydroxylation is 1. The number of aliphatic carboxylic acids is 1. The highest BCUT2D eigenvalue weighted by atomic mass is 16.6. The van der Waals surface area contributed by atoms with Gasteiger partial charge in [-0.15, -0.1) is 0 Å². The molecule has 0 bridgehead atoms. The molecule has 1 aliphatic heterocycles. The van der Waals surface area contributed by atoms with E-state index in [1.807, 2.05) is 31.2 Å². The molecule has 0 spiro atoms. The van der Waals surface area contributed by atoms with Crippen molar-refractivity contribution in [3.63, 3.8) is 0 Å². The van der Waals surface area contributed by atoms with Crippen LogP contribution in [0.15, 0.2) is 24.3 Å². The molecule has 1 aromatic rings. The summed E-state index contributed by atoms with van der Waals surface area (Å²) in [5.74, 6) is -1.92. The number of carboxylic acids is 1. The maximum Gasteiger partial charge on any atom is 0.308 e. The highest BCUT2D eigenvalue weighted by Crippen LogP contribution is 2.11. The third-order valence-electron chi connectivity index (χ3n) is 3.54. The van der Waals surface area contributed by atoms with E-state index in [0.29, 0.717) is 19.6 Å². The highest BCUT2D eigenvalue weighted by molar-refractivity contribution is 5.81. The summed E-state index contributed by atoms with van der Waals surface area (Å²) >= 11 is 0. The molecular formula is C16H21NO5. The third-order valence-corrected chi connectivity index (χ3v) is 3.54. The average Bonchev–Trinajstić information content (AvgIpc) is 2.51. The molecule has 120 valence electrons. The maximum atomic E-state index is 11.9. The molecule has 0 saturated carbocycles. The topological polar surface area (TPSA) is 84.9 Å². The van der Waals surface area contributed by atoms with E-state index in [9.17, 15) is 14.7 Å². The molecule has 2 rings (SSSR count). The van der Waals surface area contributed by atoms with Gasteiger partial charge < -0.3 is 19.9 Å². The van der Waals surface area contributed by atoms with E-state index >= 15 is 0 Å². The first-order valence-electron chi connectivity index (χ1n) is 7.31. The number of carboxylic acid groups (broad SMARTS) is 1. The fourth-order valence-corrected chi connectivity index (χ4v) is 2.35. The van der Waals surface area contributed by atoms with Gasteiger partial charge in [-0.2, -0.15) is 0 Å². The van der Waals surface area contributed by atoms with Gasteiger partial charge in [-0.1, -0.05) is 29.8 Å². The van der Waals surface area contributed by atoms with Crippen molar-refractivity contribution in [2.75, 3.05) is 26.4 Å². The Morgan fingerprint density at radius 3 is 2.86 bits per heavy atom. The van der Waals surface area contributed by atoms with Crippen molar-refractivity contribution in [3.8, 4) is 0 Å². The Kier molecular flexibility index (Phi) is 5.91. The number of ether oxygens (including phenoxy) is 2. The van der Waals surface area contributed by atoms with Crippen molar-refractivity contribution in [2.24, 2.45) is 5.92 Å². The van der Waals surface area contributed by atoms with Crippen molar-refractivity contribution < 1.29 is 24.2 Å². The molecule has 1 amide bonds. The lowest BCUT2D eigenvalue weighted by molar-refractivity contribution is -0.148. The normalized spacial score (nSPS) is 19.4. The van der Waals surface area contributed by atoms with Gasteiger partial charge in [0.05, 0.1) is 25.7 Å². The van der Waals surface area contributed by atoms with Gasteiger partial charge in [0.1, 0.15) is 0 Å². The molecule has 1 saturated heterocycles. The summed E-state index contributed by atoms with van der Waals surface area (Å²) in [6.07, 6.45) is -0.276. The zero-order valence-corrected chi connectivity index (χ0v) is 12.6. The summed E-state index contributed by atoms with van der Waals surface area (Å²) in [6, 6.07) is 7.70. The quantitative estimate of drug-likeness (QED) is 0.811. The van der Waals surface area contributed by atoms with Gasteiger partial charge in [-0.25, -0.2) is 0 Å². The smallest absolute Gasteiger partial charge is 0.308 e. The fourth-order valence-electron chi connectivity index (χ4n) is 2.35. The average molecular weight is 307 g/mol. The minimum absolute atomic E-state index is 0.0714. The van der Waals surface area contributed by atoms with Gasteiger partial charge in [-0.05, 0) is 18.9 Å². The zero-order chi connectivity index (χ0) is 15.9. The Hall–Kier alpha value is -1.92. The zero-order valence-electron chi connectivity index (χ0n) is 12.6. The second-order valence-electron chi connectivity index (χ2n) is 5.41. The summed E-state index contributed by atoms with van der Waals surface area (Å²) in [4.78, 5) is 23.3. The molecule has 0 radical (unpaired) electrons. The Bertz CT molecular complexity index is 525. The first kappa shape index (κ1) is 16.5. The van der Waals surface area contributed by atoms with Crippen LogP contribution in [0.25, 0.3) is 0 Å². The number of hydrogen-bond donors (Lipinski definition) is 2. The molecular weight excluding hydrogens is 286 g/mol. The molecule has 2 N–H and O–H groups in total. The van der Waals surface area contributed by atoms with Crippen molar-refractivity contribution in [2.45, 2.75) is 19.4 Å². The van der Waals surface area contributed by atoms with Crippen molar-refractivity contribution in [1.82, 2.24) is 5.32 Å². The predicted molar refractivity (Wildman–Crippen MR) is 79.6 cm³/mol. The molecule has 2 atom stereocenters. The highest BCUT2D eigenvalue weighted by Gasteiger charge is 2.25. The van der Waals surface area contributed by atoms with Crippen LogP contribution in [0.3, 0.4) is 0 Å². The molecule has 1 aromatic carbocycles. The molecule has 6 nitrogen and oxygen atoms in total. The monoisotopic (exact) mass is 307 g/mol. The van der Waals surface area contributed by atoms with Gasteiger partial charge >= 0.3 is 5.97 Å². The summed E-state index contributed by atoms with van der Waals surface area (Å²) in [6.45, 7) is 3.10. The van der Waals surface area contributed by atoms with E-state index in [-0.39, 0.29) is 19.1 Å². The van der Waals surface area contributed by atoms with Crippen molar-refractivity contribution in [3.05, 3.63) is 35.4 Å². The van der Waals surface area contributed by atoms with Crippen molar-refractivity contribution in [1.29, 1.82) is 0 Å². The van der Waals surface area contributed by atoms with Crippen LogP contribution < -0.4 is 5.32 Å². The summed E-state index contributed by atoms with van der Waals surface area (Å²) in [7, 11) is 0. The molecule has 1 heterocycles. The Morgan fingerprint density at radius 2 is 2.23 bits per heavy atom. The Labute approximate surface area is 129 Å². The predicted octanol–water partition coefficient (Wildman–Crippen LogP) is 0.770. The lowest BCUT2D eigenvalue weighted by atomic mass is 9.98.